The fourth-order valence-corrected chi connectivity index (χ4v) is 2.66. The Morgan fingerprint density at radius 3 is 2.82 bits per heavy atom. The predicted molar refractivity (Wildman–Crippen MR) is 82.1 cm³/mol. The molecule has 2 heterocycles. The minimum Gasteiger partial charge on any atom is -0.236 e. The third kappa shape index (κ3) is 2.82. The molecule has 22 heavy (non-hydrogen) atoms. The fraction of sp³-hybridized carbons (Fsp3) is 0.0714. The molecule has 0 aliphatic carbocycles. The topological polar surface area (TPSA) is 88.7 Å². The Bertz CT molecular complexity index is 929. The smallest absolute Gasteiger partial charge is 0.236 e. The quantitative estimate of drug-likeness (QED) is 0.581. The lowest BCUT2D eigenvalue weighted by Gasteiger charge is -2.03. The molecule has 0 fully saturated rings. The number of hydrogen-bond acceptors (Lipinski definition) is 5. The van der Waals surface area contributed by atoms with E-state index in [1.165, 1.54) is 18.3 Å². The third-order valence-corrected chi connectivity index (χ3v) is 4.25. The van der Waals surface area contributed by atoms with Crippen LogP contribution in [0, 0.1) is 6.92 Å². The van der Waals surface area contributed by atoms with Crippen LogP contribution < -0.4 is 4.83 Å². The number of sulfonamides is 1. The average molecular weight is 315 g/mol. The van der Waals surface area contributed by atoms with Gasteiger partial charge in [-0.2, -0.15) is 18.6 Å². The SMILES string of the molecule is Cc1ccc(S(=O)(=O)N/N=C/c2cnn3cccnc23)cc1. The number of nitrogens with zero attached hydrogens (tertiary/aromatic N) is 4. The van der Waals surface area contributed by atoms with Crippen LogP contribution >= 0.6 is 0 Å². The van der Waals surface area contributed by atoms with E-state index in [1.54, 1.807) is 41.3 Å². The summed E-state index contributed by atoms with van der Waals surface area (Å²) in [5.74, 6) is 0. The Hall–Kier alpha value is -2.74. The molecule has 2 aromatic heterocycles. The van der Waals surface area contributed by atoms with Gasteiger partial charge in [-0.15, -0.1) is 0 Å². The second-order valence-electron chi connectivity index (χ2n) is 4.65. The molecule has 0 saturated heterocycles. The lowest BCUT2D eigenvalue weighted by atomic mass is 10.2. The van der Waals surface area contributed by atoms with Gasteiger partial charge < -0.3 is 0 Å². The zero-order chi connectivity index (χ0) is 15.6. The zero-order valence-corrected chi connectivity index (χ0v) is 12.5. The second-order valence-corrected chi connectivity index (χ2v) is 6.31. The van der Waals surface area contributed by atoms with Crippen molar-refractivity contribution >= 4 is 21.9 Å². The molecule has 0 spiro atoms. The molecule has 0 radical (unpaired) electrons. The van der Waals surface area contributed by atoms with Crippen LogP contribution in [0.5, 0.6) is 0 Å². The number of aromatic nitrogens is 3. The summed E-state index contributed by atoms with van der Waals surface area (Å²) in [6.45, 7) is 1.89. The lowest BCUT2D eigenvalue weighted by molar-refractivity contribution is 0.584. The molecule has 0 bridgehead atoms. The van der Waals surface area contributed by atoms with Crippen LogP contribution in [0.25, 0.3) is 5.65 Å². The third-order valence-electron chi connectivity index (χ3n) is 3.01. The molecular formula is C14H13N5O2S. The number of hydrogen-bond donors (Lipinski definition) is 1. The first-order chi connectivity index (χ1) is 10.6. The first-order valence-electron chi connectivity index (χ1n) is 6.46. The Morgan fingerprint density at radius 2 is 2.05 bits per heavy atom. The molecule has 0 unspecified atom stereocenters. The number of hydrazone groups is 1. The van der Waals surface area contributed by atoms with Gasteiger partial charge in [0.1, 0.15) is 0 Å². The van der Waals surface area contributed by atoms with Gasteiger partial charge in [0.2, 0.25) is 0 Å². The predicted octanol–water partition coefficient (Wildman–Crippen LogP) is 1.35. The molecule has 0 aliphatic heterocycles. The van der Waals surface area contributed by atoms with Gasteiger partial charge in [0.25, 0.3) is 10.0 Å². The highest BCUT2D eigenvalue weighted by Crippen LogP contribution is 2.10. The van der Waals surface area contributed by atoms with Crippen molar-refractivity contribution in [3.8, 4) is 0 Å². The van der Waals surface area contributed by atoms with Crippen molar-refractivity contribution in [1.29, 1.82) is 0 Å². The van der Waals surface area contributed by atoms with Gasteiger partial charge in [0, 0.05) is 12.4 Å². The van der Waals surface area contributed by atoms with Gasteiger partial charge in [0.05, 0.1) is 22.9 Å². The summed E-state index contributed by atoms with van der Waals surface area (Å²) < 4.78 is 25.7. The van der Waals surface area contributed by atoms with E-state index in [1.807, 2.05) is 6.92 Å². The van der Waals surface area contributed by atoms with E-state index in [2.05, 4.69) is 20.0 Å². The molecule has 3 rings (SSSR count). The van der Waals surface area contributed by atoms with Gasteiger partial charge in [-0.05, 0) is 25.1 Å². The Labute approximate surface area is 127 Å². The molecular weight excluding hydrogens is 302 g/mol. The summed E-state index contributed by atoms with van der Waals surface area (Å²) in [6.07, 6.45) is 6.31. The lowest BCUT2D eigenvalue weighted by Crippen LogP contribution is -2.18. The standard InChI is InChI=1S/C14H13N5O2S/c1-11-3-5-13(6-4-11)22(20,21)18-16-9-12-10-17-19-8-2-7-15-14(12)19/h2-10,18H,1H3/b16-9+. The summed E-state index contributed by atoms with van der Waals surface area (Å²) in [6, 6.07) is 8.27. The molecule has 7 nitrogen and oxygen atoms in total. The van der Waals surface area contributed by atoms with E-state index >= 15 is 0 Å². The monoisotopic (exact) mass is 315 g/mol. The summed E-state index contributed by atoms with van der Waals surface area (Å²) >= 11 is 0. The largest absolute Gasteiger partial charge is 0.276 e. The van der Waals surface area contributed by atoms with Crippen molar-refractivity contribution in [2.24, 2.45) is 5.10 Å². The maximum absolute atomic E-state index is 12.1. The maximum atomic E-state index is 12.1. The van der Waals surface area contributed by atoms with E-state index in [-0.39, 0.29) is 4.90 Å². The van der Waals surface area contributed by atoms with Gasteiger partial charge in [-0.1, -0.05) is 17.7 Å². The normalized spacial score (nSPS) is 12.0. The summed E-state index contributed by atoms with van der Waals surface area (Å²) in [4.78, 5) is 6.49. The molecule has 3 aromatic rings. The molecule has 1 N–H and O–H groups in total. The van der Waals surface area contributed by atoms with Crippen LogP contribution in [-0.2, 0) is 10.0 Å². The molecule has 0 aliphatic rings. The fourth-order valence-electron chi connectivity index (χ4n) is 1.87. The number of aryl methyl sites for hydroxylation is 1. The highest BCUT2D eigenvalue weighted by Gasteiger charge is 2.12. The number of nitrogens with one attached hydrogen (secondary N) is 1. The highest BCUT2D eigenvalue weighted by atomic mass is 32.2. The Kier molecular flexibility index (Phi) is 3.60. The van der Waals surface area contributed by atoms with Crippen molar-refractivity contribution in [2.45, 2.75) is 11.8 Å². The van der Waals surface area contributed by atoms with Crippen LogP contribution in [0.4, 0.5) is 0 Å². The first-order valence-corrected chi connectivity index (χ1v) is 7.94. The van der Waals surface area contributed by atoms with Crippen LogP contribution in [0.15, 0.2) is 58.9 Å². The van der Waals surface area contributed by atoms with Crippen molar-refractivity contribution in [1.82, 2.24) is 19.4 Å². The van der Waals surface area contributed by atoms with E-state index in [4.69, 9.17) is 0 Å². The number of fused-ring (bicyclic) bond motifs is 1. The van der Waals surface area contributed by atoms with E-state index < -0.39 is 10.0 Å². The van der Waals surface area contributed by atoms with Crippen LogP contribution in [0.1, 0.15) is 11.1 Å². The second kappa shape index (κ2) is 5.57. The minimum absolute atomic E-state index is 0.160. The molecule has 0 atom stereocenters. The first kappa shape index (κ1) is 14.2. The van der Waals surface area contributed by atoms with Crippen LogP contribution in [0.2, 0.25) is 0 Å². The summed E-state index contributed by atoms with van der Waals surface area (Å²) in [5, 5.41) is 7.87. The van der Waals surface area contributed by atoms with Gasteiger partial charge in [-0.25, -0.2) is 14.3 Å². The van der Waals surface area contributed by atoms with Gasteiger partial charge in [-0.3, -0.25) is 0 Å². The minimum atomic E-state index is -3.68. The molecule has 1 aromatic carbocycles. The van der Waals surface area contributed by atoms with Crippen LogP contribution in [0.3, 0.4) is 0 Å². The van der Waals surface area contributed by atoms with Gasteiger partial charge in [0.15, 0.2) is 5.65 Å². The number of rotatable bonds is 4. The van der Waals surface area contributed by atoms with Crippen molar-refractivity contribution < 1.29 is 8.42 Å². The van der Waals surface area contributed by atoms with Crippen LogP contribution in [-0.4, -0.2) is 29.2 Å². The molecule has 8 heteroatoms. The summed E-state index contributed by atoms with van der Waals surface area (Å²) in [7, 11) is -3.68. The Morgan fingerprint density at radius 1 is 1.27 bits per heavy atom. The average Bonchev–Trinajstić information content (AvgIpc) is 2.91. The highest BCUT2D eigenvalue weighted by molar-refractivity contribution is 7.89. The van der Waals surface area contributed by atoms with Crippen molar-refractivity contribution in [3.63, 3.8) is 0 Å². The van der Waals surface area contributed by atoms with E-state index in [9.17, 15) is 8.42 Å². The zero-order valence-electron chi connectivity index (χ0n) is 11.7. The maximum Gasteiger partial charge on any atom is 0.276 e. The molecule has 112 valence electrons. The molecule has 0 amide bonds. The molecule has 0 saturated carbocycles. The van der Waals surface area contributed by atoms with E-state index in [0.29, 0.717) is 11.2 Å². The Balaban J connectivity index is 1.80. The van der Waals surface area contributed by atoms with Crippen molar-refractivity contribution in [2.75, 3.05) is 0 Å². The van der Waals surface area contributed by atoms with Crippen molar-refractivity contribution in [3.05, 3.63) is 60.0 Å². The summed E-state index contributed by atoms with van der Waals surface area (Å²) in [5.41, 5.74) is 2.20. The van der Waals surface area contributed by atoms with Gasteiger partial charge >= 0.3 is 0 Å². The number of benzene rings is 1. The van der Waals surface area contributed by atoms with E-state index in [0.717, 1.165) is 5.56 Å².